The van der Waals surface area contributed by atoms with Crippen molar-refractivity contribution < 1.29 is 0 Å². The summed E-state index contributed by atoms with van der Waals surface area (Å²) in [5.74, 6) is 1.06. The molecule has 3 rings (SSSR count). The fourth-order valence-corrected chi connectivity index (χ4v) is 3.86. The predicted octanol–water partition coefficient (Wildman–Crippen LogP) is 2.98. The van der Waals surface area contributed by atoms with E-state index in [1.165, 1.54) is 25.7 Å². The largest absolute Gasteiger partial charge is 0.338 e. The predicted molar refractivity (Wildman–Crippen MR) is 88.5 cm³/mol. The number of hydrogen-bond acceptors (Lipinski definition) is 4. The van der Waals surface area contributed by atoms with Crippen LogP contribution in [-0.4, -0.2) is 51.4 Å². The van der Waals surface area contributed by atoms with Gasteiger partial charge in [0.15, 0.2) is 4.77 Å². The molecule has 1 saturated heterocycles. The molecule has 0 amide bonds. The Labute approximate surface area is 132 Å². The van der Waals surface area contributed by atoms with Gasteiger partial charge in [-0.3, -0.25) is 9.47 Å². The molecule has 2 heterocycles. The normalized spacial score (nSPS) is 22.1. The number of nitrogens with zero attached hydrogens (tertiary/aromatic N) is 4. The molecule has 1 aromatic rings. The highest BCUT2D eigenvalue weighted by atomic mass is 32.1. The topological polar surface area (TPSA) is 40.1 Å². The van der Waals surface area contributed by atoms with E-state index >= 15 is 0 Å². The van der Waals surface area contributed by atoms with Gasteiger partial charge in [0.1, 0.15) is 0 Å². The Morgan fingerprint density at radius 1 is 1.10 bits per heavy atom. The van der Waals surface area contributed by atoms with Crippen LogP contribution in [0.3, 0.4) is 0 Å². The van der Waals surface area contributed by atoms with Crippen molar-refractivity contribution >= 4 is 18.2 Å². The molecule has 1 saturated carbocycles. The maximum absolute atomic E-state index is 5.47. The quantitative estimate of drug-likeness (QED) is 0.853. The first-order valence-corrected chi connectivity index (χ1v) is 8.54. The molecular formula is C15H27N5S. The molecule has 5 nitrogen and oxygen atoms in total. The van der Waals surface area contributed by atoms with Gasteiger partial charge in [0.25, 0.3) is 0 Å². The lowest BCUT2D eigenvalue weighted by Crippen LogP contribution is -2.54. The minimum atomic E-state index is 0.252. The number of aromatic amines is 1. The van der Waals surface area contributed by atoms with Crippen LogP contribution >= 0.6 is 12.2 Å². The van der Waals surface area contributed by atoms with E-state index in [-0.39, 0.29) is 5.54 Å². The first kappa shape index (κ1) is 15.0. The Balaban J connectivity index is 1.75. The van der Waals surface area contributed by atoms with E-state index in [9.17, 15) is 0 Å². The third kappa shape index (κ3) is 3.01. The standard InChI is InChI=1S/C15H27N5S/c1-15(2,3)19-10-8-18(9-11-19)13-16-17-14(21)20(13)12-6-4-5-7-12/h12H,4-11H2,1-3H3,(H,17,21). The van der Waals surface area contributed by atoms with E-state index in [0.717, 1.165) is 36.9 Å². The summed E-state index contributed by atoms with van der Waals surface area (Å²) in [7, 11) is 0. The summed E-state index contributed by atoms with van der Waals surface area (Å²) in [6.07, 6.45) is 5.11. The minimum Gasteiger partial charge on any atom is -0.338 e. The lowest BCUT2D eigenvalue weighted by atomic mass is 10.1. The lowest BCUT2D eigenvalue weighted by Gasteiger charge is -2.42. The molecule has 0 unspecified atom stereocenters. The van der Waals surface area contributed by atoms with Crippen LogP contribution in [0.1, 0.15) is 52.5 Å². The molecular weight excluding hydrogens is 282 g/mol. The molecule has 1 aliphatic heterocycles. The van der Waals surface area contributed by atoms with E-state index in [1.807, 2.05) is 0 Å². The Morgan fingerprint density at radius 2 is 1.71 bits per heavy atom. The van der Waals surface area contributed by atoms with Gasteiger partial charge >= 0.3 is 0 Å². The van der Waals surface area contributed by atoms with Crippen molar-refractivity contribution in [3.8, 4) is 0 Å². The maximum Gasteiger partial charge on any atom is 0.226 e. The Hall–Kier alpha value is -0.880. The van der Waals surface area contributed by atoms with Crippen molar-refractivity contribution in [3.63, 3.8) is 0 Å². The first-order chi connectivity index (χ1) is 9.97. The summed E-state index contributed by atoms with van der Waals surface area (Å²) in [4.78, 5) is 4.94. The summed E-state index contributed by atoms with van der Waals surface area (Å²) in [6, 6.07) is 0.548. The van der Waals surface area contributed by atoms with E-state index in [0.29, 0.717) is 6.04 Å². The first-order valence-electron chi connectivity index (χ1n) is 8.14. The molecule has 21 heavy (non-hydrogen) atoms. The Bertz CT molecular complexity index is 527. The van der Waals surface area contributed by atoms with Crippen LogP contribution in [0, 0.1) is 4.77 Å². The molecule has 2 aliphatic rings. The summed E-state index contributed by atoms with van der Waals surface area (Å²) in [5, 5.41) is 7.54. The number of anilines is 1. The van der Waals surface area contributed by atoms with Crippen molar-refractivity contribution in [2.75, 3.05) is 31.1 Å². The zero-order chi connectivity index (χ0) is 15.0. The third-order valence-electron chi connectivity index (χ3n) is 4.89. The number of H-pyrrole nitrogens is 1. The van der Waals surface area contributed by atoms with Crippen LogP contribution in [0.15, 0.2) is 0 Å². The number of hydrogen-bond donors (Lipinski definition) is 1. The maximum atomic E-state index is 5.47. The second-order valence-corrected chi connectivity index (χ2v) is 7.67. The van der Waals surface area contributed by atoms with Gasteiger partial charge < -0.3 is 4.90 Å². The molecule has 1 aromatic heterocycles. The van der Waals surface area contributed by atoms with Crippen molar-refractivity contribution in [1.82, 2.24) is 19.7 Å². The second kappa shape index (κ2) is 5.72. The SMILES string of the molecule is CC(C)(C)N1CCN(c2n[nH]c(=S)n2C2CCCC2)CC1. The van der Waals surface area contributed by atoms with Gasteiger partial charge in [0.05, 0.1) is 0 Å². The fraction of sp³-hybridized carbons (Fsp3) is 0.867. The van der Waals surface area contributed by atoms with Gasteiger partial charge in [-0.2, -0.15) is 0 Å². The lowest BCUT2D eigenvalue weighted by molar-refractivity contribution is 0.127. The van der Waals surface area contributed by atoms with Crippen molar-refractivity contribution in [2.45, 2.75) is 58.0 Å². The van der Waals surface area contributed by atoms with Crippen molar-refractivity contribution in [2.24, 2.45) is 0 Å². The summed E-state index contributed by atoms with van der Waals surface area (Å²) < 4.78 is 3.06. The molecule has 118 valence electrons. The van der Waals surface area contributed by atoms with Gasteiger partial charge in [0.2, 0.25) is 5.95 Å². The van der Waals surface area contributed by atoms with Gasteiger partial charge in [-0.1, -0.05) is 12.8 Å². The van der Waals surface area contributed by atoms with Gasteiger partial charge in [-0.15, -0.1) is 5.10 Å². The van der Waals surface area contributed by atoms with Crippen LogP contribution in [0.2, 0.25) is 0 Å². The van der Waals surface area contributed by atoms with Crippen LogP contribution in [0.25, 0.3) is 0 Å². The van der Waals surface area contributed by atoms with E-state index in [4.69, 9.17) is 12.2 Å². The number of rotatable bonds is 2. The molecule has 0 spiro atoms. The number of piperazine rings is 1. The fourth-order valence-electron chi connectivity index (χ4n) is 3.59. The molecule has 1 N–H and O–H groups in total. The van der Waals surface area contributed by atoms with Gasteiger partial charge in [0, 0.05) is 37.8 Å². The highest BCUT2D eigenvalue weighted by Gasteiger charge is 2.29. The number of nitrogens with one attached hydrogen (secondary N) is 1. The molecule has 1 aliphatic carbocycles. The average Bonchev–Trinajstić information content (AvgIpc) is 3.06. The van der Waals surface area contributed by atoms with Crippen molar-refractivity contribution in [3.05, 3.63) is 4.77 Å². The third-order valence-corrected chi connectivity index (χ3v) is 5.17. The molecule has 0 aromatic carbocycles. The smallest absolute Gasteiger partial charge is 0.226 e. The average molecular weight is 309 g/mol. The molecule has 2 fully saturated rings. The zero-order valence-electron chi connectivity index (χ0n) is 13.4. The van der Waals surface area contributed by atoms with Crippen LogP contribution in [0.4, 0.5) is 5.95 Å². The van der Waals surface area contributed by atoms with E-state index in [1.54, 1.807) is 0 Å². The van der Waals surface area contributed by atoms with Crippen molar-refractivity contribution in [1.29, 1.82) is 0 Å². The summed E-state index contributed by atoms with van der Waals surface area (Å²) >= 11 is 5.47. The molecule has 0 radical (unpaired) electrons. The summed E-state index contributed by atoms with van der Waals surface area (Å²) in [6.45, 7) is 11.1. The van der Waals surface area contributed by atoms with Gasteiger partial charge in [-0.25, -0.2) is 5.10 Å². The Kier molecular flexibility index (Phi) is 4.10. The molecule has 0 bridgehead atoms. The van der Waals surface area contributed by atoms with Crippen LogP contribution in [0.5, 0.6) is 0 Å². The highest BCUT2D eigenvalue weighted by molar-refractivity contribution is 7.71. The monoisotopic (exact) mass is 309 g/mol. The summed E-state index contributed by atoms with van der Waals surface area (Å²) in [5.41, 5.74) is 0.252. The second-order valence-electron chi connectivity index (χ2n) is 7.28. The highest BCUT2D eigenvalue weighted by Crippen LogP contribution is 2.33. The number of aromatic nitrogens is 3. The van der Waals surface area contributed by atoms with E-state index in [2.05, 4.69) is 45.3 Å². The van der Waals surface area contributed by atoms with Crippen LogP contribution < -0.4 is 4.90 Å². The van der Waals surface area contributed by atoms with Gasteiger partial charge in [-0.05, 0) is 45.8 Å². The molecule has 6 heteroatoms. The van der Waals surface area contributed by atoms with Crippen LogP contribution in [-0.2, 0) is 0 Å². The zero-order valence-corrected chi connectivity index (χ0v) is 14.2. The van der Waals surface area contributed by atoms with E-state index < -0.39 is 0 Å². The minimum absolute atomic E-state index is 0.252. The Morgan fingerprint density at radius 3 is 2.29 bits per heavy atom. The molecule has 0 atom stereocenters.